The molecule has 2 aromatic carbocycles. The van der Waals surface area contributed by atoms with Crippen LogP contribution in [0.4, 0.5) is 8.78 Å². The van der Waals surface area contributed by atoms with Gasteiger partial charge in [-0.15, -0.1) is 0 Å². The number of rotatable bonds is 3. The second-order valence-corrected chi connectivity index (χ2v) is 5.46. The van der Waals surface area contributed by atoms with E-state index >= 15 is 0 Å². The van der Waals surface area contributed by atoms with Gasteiger partial charge in [-0.2, -0.15) is 0 Å². The quantitative estimate of drug-likeness (QED) is 0.857. The van der Waals surface area contributed by atoms with Crippen molar-refractivity contribution in [3.63, 3.8) is 0 Å². The Labute approximate surface area is 123 Å². The summed E-state index contributed by atoms with van der Waals surface area (Å²) in [7, 11) is 2.11. The smallest absolute Gasteiger partial charge is 0.159 e. The number of ether oxygens (including phenoxy) is 1. The molecule has 1 aliphatic rings. The Morgan fingerprint density at radius 1 is 1.05 bits per heavy atom. The van der Waals surface area contributed by atoms with Crippen LogP contribution in [0.3, 0.4) is 0 Å². The van der Waals surface area contributed by atoms with Crippen molar-refractivity contribution in [3.8, 4) is 5.75 Å². The average Bonchev–Trinajstić information content (AvgIpc) is 2.48. The first-order valence-corrected chi connectivity index (χ1v) is 6.99. The number of nitrogens with zero attached hydrogens (tertiary/aromatic N) is 1. The topological polar surface area (TPSA) is 12.5 Å². The van der Waals surface area contributed by atoms with Crippen molar-refractivity contribution in [1.29, 1.82) is 0 Å². The van der Waals surface area contributed by atoms with E-state index in [0.29, 0.717) is 5.56 Å². The van der Waals surface area contributed by atoms with Crippen LogP contribution in [-0.2, 0) is 19.6 Å². The Balaban J connectivity index is 1.69. The van der Waals surface area contributed by atoms with Crippen LogP contribution in [-0.4, -0.2) is 18.5 Å². The van der Waals surface area contributed by atoms with Gasteiger partial charge in [0.2, 0.25) is 0 Å². The number of hydrogen-bond donors (Lipinski definition) is 0. The SMILES string of the molecule is CN1CCc2cc(OCc3ccc(F)c(F)c3)ccc2C1. The van der Waals surface area contributed by atoms with Gasteiger partial charge in [0.15, 0.2) is 11.6 Å². The minimum absolute atomic E-state index is 0.232. The maximum absolute atomic E-state index is 13.1. The summed E-state index contributed by atoms with van der Waals surface area (Å²) >= 11 is 0. The molecule has 0 unspecified atom stereocenters. The maximum atomic E-state index is 13.1. The molecule has 1 heterocycles. The summed E-state index contributed by atoms with van der Waals surface area (Å²) in [6.07, 6.45) is 1.01. The molecule has 0 N–H and O–H groups in total. The standard InChI is InChI=1S/C17H17F2NO/c1-20-7-6-13-9-15(4-3-14(13)10-20)21-11-12-2-5-16(18)17(19)8-12/h2-5,8-9H,6-7,10-11H2,1H3. The van der Waals surface area contributed by atoms with Gasteiger partial charge in [-0.25, -0.2) is 8.78 Å². The van der Waals surface area contributed by atoms with Crippen LogP contribution in [0.5, 0.6) is 5.75 Å². The zero-order valence-electron chi connectivity index (χ0n) is 11.9. The first-order valence-electron chi connectivity index (χ1n) is 6.99. The fourth-order valence-electron chi connectivity index (χ4n) is 2.56. The van der Waals surface area contributed by atoms with Crippen molar-refractivity contribution in [3.05, 3.63) is 64.7 Å². The Bertz CT molecular complexity index is 657. The molecule has 4 heteroatoms. The number of likely N-dealkylation sites (N-methyl/N-ethyl adjacent to an activating group) is 1. The summed E-state index contributed by atoms with van der Waals surface area (Å²) in [5, 5.41) is 0. The summed E-state index contributed by atoms with van der Waals surface area (Å²) < 4.78 is 31.7. The predicted molar refractivity (Wildman–Crippen MR) is 77.2 cm³/mol. The molecule has 21 heavy (non-hydrogen) atoms. The lowest BCUT2D eigenvalue weighted by Gasteiger charge is -2.25. The lowest BCUT2D eigenvalue weighted by atomic mass is 10.00. The summed E-state index contributed by atoms with van der Waals surface area (Å²) in [5.41, 5.74) is 3.24. The molecular formula is C17H17F2NO. The van der Waals surface area contributed by atoms with Crippen molar-refractivity contribution >= 4 is 0 Å². The lowest BCUT2D eigenvalue weighted by molar-refractivity contribution is 0.298. The molecule has 2 nitrogen and oxygen atoms in total. The van der Waals surface area contributed by atoms with Gasteiger partial charge in [0.1, 0.15) is 12.4 Å². The van der Waals surface area contributed by atoms with E-state index in [4.69, 9.17) is 4.74 Å². The van der Waals surface area contributed by atoms with Gasteiger partial charge in [0.25, 0.3) is 0 Å². The largest absolute Gasteiger partial charge is 0.489 e. The molecule has 0 atom stereocenters. The van der Waals surface area contributed by atoms with E-state index in [2.05, 4.69) is 18.0 Å². The molecule has 0 saturated heterocycles. The molecule has 0 fully saturated rings. The van der Waals surface area contributed by atoms with Crippen molar-refractivity contribution < 1.29 is 13.5 Å². The highest BCUT2D eigenvalue weighted by molar-refractivity contribution is 5.37. The molecule has 0 bridgehead atoms. The second kappa shape index (κ2) is 5.82. The van der Waals surface area contributed by atoms with Crippen molar-refractivity contribution in [2.45, 2.75) is 19.6 Å². The second-order valence-electron chi connectivity index (χ2n) is 5.46. The van der Waals surface area contributed by atoms with E-state index < -0.39 is 11.6 Å². The molecule has 1 aliphatic heterocycles. The Hall–Kier alpha value is -1.94. The Morgan fingerprint density at radius 3 is 2.71 bits per heavy atom. The van der Waals surface area contributed by atoms with Crippen molar-refractivity contribution in [1.82, 2.24) is 4.90 Å². The molecule has 0 aromatic heterocycles. The van der Waals surface area contributed by atoms with Gasteiger partial charge in [0, 0.05) is 13.1 Å². The molecule has 2 aromatic rings. The normalized spacial score (nSPS) is 14.8. The van der Waals surface area contributed by atoms with E-state index in [1.165, 1.54) is 23.3 Å². The maximum Gasteiger partial charge on any atom is 0.159 e. The minimum Gasteiger partial charge on any atom is -0.489 e. The van der Waals surface area contributed by atoms with Crippen LogP contribution >= 0.6 is 0 Å². The molecule has 0 spiro atoms. The number of halogens is 2. The summed E-state index contributed by atoms with van der Waals surface area (Å²) in [5.74, 6) is -0.913. The van der Waals surface area contributed by atoms with Crippen molar-refractivity contribution in [2.24, 2.45) is 0 Å². The third-order valence-corrected chi connectivity index (χ3v) is 3.77. The Morgan fingerprint density at radius 2 is 1.90 bits per heavy atom. The minimum atomic E-state index is -0.843. The molecular weight excluding hydrogens is 272 g/mol. The highest BCUT2D eigenvalue weighted by Crippen LogP contribution is 2.24. The number of benzene rings is 2. The molecule has 0 aliphatic carbocycles. The van der Waals surface area contributed by atoms with E-state index in [0.717, 1.165) is 31.3 Å². The number of hydrogen-bond acceptors (Lipinski definition) is 2. The fraction of sp³-hybridized carbons (Fsp3) is 0.294. The highest BCUT2D eigenvalue weighted by atomic mass is 19.2. The number of fused-ring (bicyclic) bond motifs is 1. The fourth-order valence-corrected chi connectivity index (χ4v) is 2.56. The zero-order valence-corrected chi connectivity index (χ0v) is 11.9. The third kappa shape index (κ3) is 3.22. The van der Waals surface area contributed by atoms with E-state index in [-0.39, 0.29) is 6.61 Å². The van der Waals surface area contributed by atoms with Gasteiger partial charge in [-0.1, -0.05) is 12.1 Å². The van der Waals surface area contributed by atoms with E-state index in [1.807, 2.05) is 12.1 Å². The first-order chi connectivity index (χ1) is 10.1. The summed E-state index contributed by atoms with van der Waals surface area (Å²) in [6, 6.07) is 9.87. The van der Waals surface area contributed by atoms with Crippen LogP contribution in [0.25, 0.3) is 0 Å². The lowest BCUT2D eigenvalue weighted by Crippen LogP contribution is -2.26. The monoisotopic (exact) mass is 289 g/mol. The van der Waals surface area contributed by atoms with Gasteiger partial charge >= 0.3 is 0 Å². The van der Waals surface area contributed by atoms with Gasteiger partial charge in [0.05, 0.1) is 0 Å². The van der Waals surface area contributed by atoms with Crippen LogP contribution in [0, 0.1) is 11.6 Å². The highest BCUT2D eigenvalue weighted by Gasteiger charge is 2.13. The van der Waals surface area contributed by atoms with Gasteiger partial charge in [-0.3, -0.25) is 0 Å². The average molecular weight is 289 g/mol. The molecule has 3 rings (SSSR count). The first kappa shape index (κ1) is 14.0. The molecule has 110 valence electrons. The third-order valence-electron chi connectivity index (χ3n) is 3.77. The Kier molecular flexibility index (Phi) is 3.88. The van der Waals surface area contributed by atoms with Gasteiger partial charge in [-0.05, 0) is 54.4 Å². The summed E-state index contributed by atoms with van der Waals surface area (Å²) in [6.45, 7) is 2.23. The van der Waals surface area contributed by atoms with Gasteiger partial charge < -0.3 is 9.64 Å². The van der Waals surface area contributed by atoms with Crippen molar-refractivity contribution in [2.75, 3.05) is 13.6 Å². The molecule has 0 saturated carbocycles. The van der Waals surface area contributed by atoms with Crippen LogP contribution in [0.1, 0.15) is 16.7 Å². The predicted octanol–water partition coefficient (Wildman–Crippen LogP) is 3.53. The van der Waals surface area contributed by atoms with Crippen LogP contribution in [0.2, 0.25) is 0 Å². The van der Waals surface area contributed by atoms with Crippen LogP contribution < -0.4 is 4.74 Å². The molecule has 0 amide bonds. The summed E-state index contributed by atoms with van der Waals surface area (Å²) in [4.78, 5) is 2.28. The molecule has 0 radical (unpaired) electrons. The van der Waals surface area contributed by atoms with E-state index in [9.17, 15) is 8.78 Å². The zero-order chi connectivity index (χ0) is 14.8. The van der Waals surface area contributed by atoms with E-state index in [1.54, 1.807) is 0 Å². The van der Waals surface area contributed by atoms with Crippen LogP contribution in [0.15, 0.2) is 36.4 Å².